The minimum atomic E-state index is -0.546. The lowest BCUT2D eigenvalue weighted by molar-refractivity contribution is -0.139. The summed E-state index contributed by atoms with van der Waals surface area (Å²) in [6.07, 6.45) is 1.91. The molecule has 7 nitrogen and oxygen atoms in total. The minimum absolute atomic E-state index is 0.204. The van der Waals surface area contributed by atoms with E-state index in [1.807, 2.05) is 13.0 Å². The van der Waals surface area contributed by atoms with Gasteiger partial charge in [0, 0.05) is 4.88 Å². The van der Waals surface area contributed by atoms with Crippen LogP contribution in [0.4, 0.5) is 4.79 Å². The molecule has 1 aromatic rings. The van der Waals surface area contributed by atoms with Crippen molar-refractivity contribution in [2.24, 2.45) is 0 Å². The van der Waals surface area contributed by atoms with E-state index in [0.29, 0.717) is 4.88 Å². The zero-order chi connectivity index (χ0) is 19.3. The first kappa shape index (κ1) is 20.0. The summed E-state index contributed by atoms with van der Waals surface area (Å²) < 4.78 is 10.4. The van der Waals surface area contributed by atoms with Crippen LogP contribution in [0, 0.1) is 6.92 Å². The standard InChI is InChI=1S/C18H24N2O5S/c1-5-7-12-8-14(26-11(12)4)16(21)25-9-13-15(17(22)24-6-2)10(3)19-18(23)20-13/h8,10H,5-7,9H2,1-4H3,(H2,19,20,23)/t10-/m0/s1. The van der Waals surface area contributed by atoms with E-state index in [9.17, 15) is 14.4 Å². The molecular weight excluding hydrogens is 356 g/mol. The smallest absolute Gasteiger partial charge is 0.348 e. The van der Waals surface area contributed by atoms with Gasteiger partial charge in [0.05, 0.1) is 23.9 Å². The van der Waals surface area contributed by atoms with E-state index in [1.165, 1.54) is 11.3 Å². The van der Waals surface area contributed by atoms with E-state index in [1.54, 1.807) is 13.8 Å². The zero-order valence-electron chi connectivity index (χ0n) is 15.4. The van der Waals surface area contributed by atoms with E-state index < -0.39 is 24.0 Å². The molecule has 0 aromatic carbocycles. The predicted octanol–water partition coefficient (Wildman–Crippen LogP) is 2.68. The monoisotopic (exact) mass is 380 g/mol. The molecule has 0 fully saturated rings. The molecule has 2 amide bonds. The Labute approximate surface area is 156 Å². The van der Waals surface area contributed by atoms with Crippen molar-refractivity contribution < 1.29 is 23.9 Å². The minimum Gasteiger partial charge on any atom is -0.463 e. The molecule has 0 aliphatic carbocycles. The summed E-state index contributed by atoms with van der Waals surface area (Å²) in [6, 6.07) is 0.862. The quantitative estimate of drug-likeness (QED) is 0.710. The van der Waals surface area contributed by atoms with Crippen LogP contribution in [0.15, 0.2) is 17.3 Å². The molecule has 0 saturated carbocycles. The van der Waals surface area contributed by atoms with Crippen molar-refractivity contribution in [1.82, 2.24) is 10.6 Å². The Morgan fingerprint density at radius 2 is 1.96 bits per heavy atom. The summed E-state index contributed by atoms with van der Waals surface area (Å²) in [5.41, 5.74) is 1.64. The number of urea groups is 1. The second kappa shape index (κ2) is 8.84. The Morgan fingerprint density at radius 1 is 1.23 bits per heavy atom. The van der Waals surface area contributed by atoms with E-state index in [2.05, 4.69) is 17.6 Å². The van der Waals surface area contributed by atoms with Gasteiger partial charge in [-0.25, -0.2) is 14.4 Å². The number of hydrogen-bond donors (Lipinski definition) is 2. The number of carbonyl (C=O) groups is 3. The maximum Gasteiger partial charge on any atom is 0.348 e. The normalized spacial score (nSPS) is 16.8. The third-order valence-electron chi connectivity index (χ3n) is 3.95. The predicted molar refractivity (Wildman–Crippen MR) is 98.1 cm³/mol. The highest BCUT2D eigenvalue weighted by Gasteiger charge is 2.30. The van der Waals surface area contributed by atoms with Crippen LogP contribution in [-0.4, -0.2) is 37.2 Å². The Balaban J connectivity index is 2.14. The number of thiophene rings is 1. The number of amides is 2. The lowest BCUT2D eigenvalue weighted by atomic mass is 10.0. The molecule has 0 saturated heterocycles. The van der Waals surface area contributed by atoms with Gasteiger partial charge in [-0.3, -0.25) is 0 Å². The Morgan fingerprint density at radius 3 is 2.62 bits per heavy atom. The third kappa shape index (κ3) is 4.63. The molecule has 1 aliphatic rings. The number of carbonyl (C=O) groups excluding carboxylic acids is 3. The van der Waals surface area contributed by atoms with Crippen molar-refractivity contribution in [3.05, 3.63) is 32.7 Å². The molecule has 2 rings (SSSR count). The fourth-order valence-electron chi connectivity index (χ4n) is 2.74. The first-order chi connectivity index (χ1) is 12.4. The Bertz CT molecular complexity index is 738. The second-order valence-corrected chi connectivity index (χ2v) is 7.21. The first-order valence-electron chi connectivity index (χ1n) is 8.61. The topological polar surface area (TPSA) is 93.7 Å². The number of nitrogens with one attached hydrogen (secondary N) is 2. The molecule has 2 heterocycles. The molecule has 0 bridgehead atoms. The van der Waals surface area contributed by atoms with Crippen molar-refractivity contribution >= 4 is 29.3 Å². The lowest BCUT2D eigenvalue weighted by Crippen LogP contribution is -2.50. The number of ether oxygens (including phenoxy) is 2. The largest absolute Gasteiger partial charge is 0.463 e. The second-order valence-electron chi connectivity index (χ2n) is 5.95. The number of rotatable bonds is 7. The summed E-state index contributed by atoms with van der Waals surface area (Å²) in [6.45, 7) is 7.44. The van der Waals surface area contributed by atoms with E-state index in [-0.39, 0.29) is 24.5 Å². The van der Waals surface area contributed by atoms with Crippen LogP contribution in [0.3, 0.4) is 0 Å². The van der Waals surface area contributed by atoms with Crippen LogP contribution in [0.2, 0.25) is 0 Å². The molecule has 0 spiro atoms. The maximum absolute atomic E-state index is 12.3. The molecular formula is C18H24N2O5S. The zero-order valence-corrected chi connectivity index (χ0v) is 16.2. The first-order valence-corrected chi connectivity index (χ1v) is 9.43. The average molecular weight is 380 g/mol. The third-order valence-corrected chi connectivity index (χ3v) is 5.03. The molecule has 0 radical (unpaired) electrons. The molecule has 2 N–H and O–H groups in total. The van der Waals surface area contributed by atoms with Gasteiger partial charge in [-0.1, -0.05) is 13.3 Å². The van der Waals surface area contributed by atoms with Crippen LogP contribution in [0.25, 0.3) is 0 Å². The summed E-state index contributed by atoms with van der Waals surface area (Å²) >= 11 is 1.38. The van der Waals surface area contributed by atoms with Gasteiger partial charge < -0.3 is 20.1 Å². The van der Waals surface area contributed by atoms with Gasteiger partial charge in [0.25, 0.3) is 0 Å². The highest BCUT2D eigenvalue weighted by Crippen LogP contribution is 2.24. The molecule has 1 aliphatic heterocycles. The summed E-state index contributed by atoms with van der Waals surface area (Å²) in [7, 11) is 0. The number of hydrogen-bond acceptors (Lipinski definition) is 6. The molecule has 1 atom stereocenters. The van der Waals surface area contributed by atoms with E-state index in [4.69, 9.17) is 9.47 Å². The van der Waals surface area contributed by atoms with Crippen LogP contribution in [-0.2, 0) is 20.7 Å². The molecule has 26 heavy (non-hydrogen) atoms. The van der Waals surface area contributed by atoms with E-state index >= 15 is 0 Å². The summed E-state index contributed by atoms with van der Waals surface area (Å²) in [5.74, 6) is -1.02. The average Bonchev–Trinajstić information content (AvgIpc) is 2.93. The molecule has 142 valence electrons. The molecule has 8 heteroatoms. The fourth-order valence-corrected chi connectivity index (χ4v) is 3.71. The van der Waals surface area contributed by atoms with Gasteiger partial charge in [-0.2, -0.15) is 0 Å². The molecule has 0 unspecified atom stereocenters. The summed E-state index contributed by atoms with van der Waals surface area (Å²) in [5, 5.41) is 5.13. The Kier molecular flexibility index (Phi) is 6.79. The number of esters is 2. The van der Waals surface area contributed by atoms with Crippen molar-refractivity contribution in [3.63, 3.8) is 0 Å². The van der Waals surface area contributed by atoms with Gasteiger partial charge in [0.1, 0.15) is 11.5 Å². The van der Waals surface area contributed by atoms with Crippen molar-refractivity contribution in [2.75, 3.05) is 13.2 Å². The maximum atomic E-state index is 12.3. The van der Waals surface area contributed by atoms with Crippen molar-refractivity contribution in [3.8, 4) is 0 Å². The fraction of sp³-hybridized carbons (Fsp3) is 0.500. The lowest BCUT2D eigenvalue weighted by Gasteiger charge is -2.26. The van der Waals surface area contributed by atoms with Crippen LogP contribution in [0.1, 0.15) is 47.3 Å². The summed E-state index contributed by atoms with van der Waals surface area (Å²) in [4.78, 5) is 37.8. The van der Waals surface area contributed by atoms with Gasteiger partial charge in [-0.15, -0.1) is 11.3 Å². The van der Waals surface area contributed by atoms with Crippen LogP contribution < -0.4 is 10.6 Å². The SMILES string of the molecule is CCCc1cc(C(=O)OCC2=C(C(=O)OCC)[C@H](C)NC(=O)N2)sc1C. The highest BCUT2D eigenvalue weighted by atomic mass is 32.1. The Hall–Kier alpha value is -2.35. The van der Waals surface area contributed by atoms with Gasteiger partial charge >= 0.3 is 18.0 Å². The van der Waals surface area contributed by atoms with Crippen molar-refractivity contribution in [1.29, 1.82) is 0 Å². The number of aryl methyl sites for hydroxylation is 2. The van der Waals surface area contributed by atoms with Crippen LogP contribution in [0.5, 0.6) is 0 Å². The van der Waals surface area contributed by atoms with Gasteiger partial charge in [0.15, 0.2) is 0 Å². The van der Waals surface area contributed by atoms with Gasteiger partial charge in [0.2, 0.25) is 0 Å². The van der Waals surface area contributed by atoms with E-state index in [0.717, 1.165) is 23.3 Å². The van der Waals surface area contributed by atoms with Gasteiger partial charge in [-0.05, 0) is 38.8 Å². The molecule has 1 aromatic heterocycles. The van der Waals surface area contributed by atoms with Crippen molar-refractivity contribution in [2.45, 2.75) is 46.6 Å². The highest BCUT2D eigenvalue weighted by molar-refractivity contribution is 7.14. The van der Waals surface area contributed by atoms with Crippen LogP contribution >= 0.6 is 11.3 Å².